The van der Waals surface area contributed by atoms with Crippen LogP contribution in [-0.2, 0) is 6.54 Å². The summed E-state index contributed by atoms with van der Waals surface area (Å²) in [6, 6.07) is 6.68. The Morgan fingerprint density at radius 1 is 1.44 bits per heavy atom. The summed E-state index contributed by atoms with van der Waals surface area (Å²) in [5, 5.41) is 17.3. The highest BCUT2D eigenvalue weighted by Crippen LogP contribution is 2.24. The number of rotatable bonds is 4. The molecule has 1 aromatic heterocycles. The number of ether oxygens (including phenoxy) is 1. The van der Waals surface area contributed by atoms with Crippen LogP contribution in [0.5, 0.6) is 17.5 Å². The van der Waals surface area contributed by atoms with E-state index in [0.29, 0.717) is 24.1 Å². The molecule has 0 fully saturated rings. The van der Waals surface area contributed by atoms with Gasteiger partial charge >= 0.3 is 6.01 Å². The second-order valence-corrected chi connectivity index (χ2v) is 3.97. The van der Waals surface area contributed by atoms with Crippen LogP contribution < -0.4 is 10.5 Å². The highest BCUT2D eigenvalue weighted by Gasteiger charge is 2.15. The van der Waals surface area contributed by atoms with Gasteiger partial charge in [0.2, 0.25) is 0 Å². The van der Waals surface area contributed by atoms with Crippen LogP contribution in [0.3, 0.4) is 0 Å². The minimum atomic E-state index is -0.209. The van der Waals surface area contributed by atoms with Gasteiger partial charge in [-0.3, -0.25) is 4.57 Å². The van der Waals surface area contributed by atoms with E-state index in [1.54, 1.807) is 22.8 Å². The van der Waals surface area contributed by atoms with Crippen molar-refractivity contribution in [3.05, 3.63) is 30.1 Å². The fraction of sp³-hybridized carbons (Fsp3) is 0.333. The molecule has 0 unspecified atom stereocenters. The maximum atomic E-state index is 9.37. The van der Waals surface area contributed by atoms with Gasteiger partial charge in [-0.25, -0.2) is 0 Å². The largest absolute Gasteiger partial charge is 0.508 e. The van der Waals surface area contributed by atoms with Crippen molar-refractivity contribution in [1.82, 2.24) is 14.8 Å². The summed E-state index contributed by atoms with van der Waals surface area (Å²) in [4.78, 5) is 0. The van der Waals surface area contributed by atoms with E-state index in [1.807, 2.05) is 13.8 Å². The molecule has 0 radical (unpaired) electrons. The minimum Gasteiger partial charge on any atom is -0.508 e. The number of phenols is 1. The van der Waals surface area contributed by atoms with Gasteiger partial charge in [-0.2, -0.15) is 0 Å². The summed E-state index contributed by atoms with van der Waals surface area (Å²) >= 11 is 0. The molecule has 0 saturated heterocycles. The van der Waals surface area contributed by atoms with Gasteiger partial charge < -0.3 is 15.6 Å². The molecule has 96 valence electrons. The predicted octanol–water partition coefficient (Wildman–Crippen LogP) is 1.82. The van der Waals surface area contributed by atoms with Crippen molar-refractivity contribution in [2.45, 2.75) is 26.4 Å². The maximum absolute atomic E-state index is 9.37. The van der Waals surface area contributed by atoms with Crippen LogP contribution in [-0.4, -0.2) is 19.9 Å². The molecule has 0 aliphatic rings. The standard InChI is InChI=1S/C12H16N4O2/c1-3-16-11(8(2)13)14-15-12(16)18-10-6-4-5-9(17)7-10/h4-8,17H,3,13H2,1-2H3/t8-/m1/s1. The Hall–Kier alpha value is -2.08. The van der Waals surface area contributed by atoms with Crippen molar-refractivity contribution in [2.75, 3.05) is 0 Å². The first-order chi connectivity index (χ1) is 8.61. The zero-order valence-electron chi connectivity index (χ0n) is 10.4. The Kier molecular flexibility index (Phi) is 3.47. The van der Waals surface area contributed by atoms with E-state index < -0.39 is 0 Å². The molecule has 2 aromatic rings. The molecule has 0 saturated carbocycles. The van der Waals surface area contributed by atoms with Crippen molar-refractivity contribution in [3.8, 4) is 17.5 Å². The number of hydrogen-bond acceptors (Lipinski definition) is 5. The molecule has 3 N–H and O–H groups in total. The van der Waals surface area contributed by atoms with Gasteiger partial charge in [0.1, 0.15) is 11.5 Å². The van der Waals surface area contributed by atoms with E-state index in [2.05, 4.69) is 10.2 Å². The summed E-state index contributed by atoms with van der Waals surface area (Å²) in [5.41, 5.74) is 5.80. The average Bonchev–Trinajstić information content (AvgIpc) is 2.72. The highest BCUT2D eigenvalue weighted by molar-refractivity contribution is 5.33. The molecule has 0 aliphatic heterocycles. The van der Waals surface area contributed by atoms with Crippen molar-refractivity contribution >= 4 is 0 Å². The number of aromatic nitrogens is 3. The minimum absolute atomic E-state index is 0.141. The quantitative estimate of drug-likeness (QED) is 0.861. The van der Waals surface area contributed by atoms with Crippen LogP contribution in [0.2, 0.25) is 0 Å². The third-order valence-corrected chi connectivity index (χ3v) is 2.50. The van der Waals surface area contributed by atoms with Crippen LogP contribution in [0.15, 0.2) is 24.3 Å². The molecule has 1 heterocycles. The zero-order chi connectivity index (χ0) is 13.1. The van der Waals surface area contributed by atoms with Crippen LogP contribution in [0.4, 0.5) is 0 Å². The van der Waals surface area contributed by atoms with Crippen LogP contribution in [0.25, 0.3) is 0 Å². The van der Waals surface area contributed by atoms with Crippen molar-refractivity contribution < 1.29 is 9.84 Å². The van der Waals surface area contributed by atoms with Gasteiger partial charge in [0, 0.05) is 12.6 Å². The number of nitrogens with zero attached hydrogens (tertiary/aromatic N) is 3. The van der Waals surface area contributed by atoms with Gasteiger partial charge in [0.05, 0.1) is 6.04 Å². The Bertz CT molecular complexity index is 537. The van der Waals surface area contributed by atoms with Crippen LogP contribution >= 0.6 is 0 Å². The summed E-state index contributed by atoms with van der Waals surface area (Å²) < 4.78 is 7.39. The van der Waals surface area contributed by atoms with Gasteiger partial charge in [0.25, 0.3) is 0 Å². The summed E-state index contributed by atoms with van der Waals surface area (Å²) in [5.74, 6) is 1.32. The van der Waals surface area contributed by atoms with Gasteiger partial charge in [-0.15, -0.1) is 5.10 Å². The molecular weight excluding hydrogens is 232 g/mol. The number of phenolic OH excluding ortho intramolecular Hbond substituents is 1. The lowest BCUT2D eigenvalue weighted by molar-refractivity contribution is 0.404. The Morgan fingerprint density at radius 2 is 2.22 bits per heavy atom. The number of nitrogens with two attached hydrogens (primary N) is 1. The average molecular weight is 248 g/mol. The molecule has 1 atom stereocenters. The summed E-state index contributed by atoms with van der Waals surface area (Å²) in [6.45, 7) is 4.47. The van der Waals surface area contributed by atoms with Gasteiger partial charge in [-0.05, 0) is 26.0 Å². The predicted molar refractivity (Wildman–Crippen MR) is 66.5 cm³/mol. The van der Waals surface area contributed by atoms with E-state index in [9.17, 15) is 5.11 Å². The Labute approximate surface area is 105 Å². The van der Waals surface area contributed by atoms with Crippen LogP contribution in [0.1, 0.15) is 25.7 Å². The molecule has 0 spiro atoms. The molecule has 0 aliphatic carbocycles. The first-order valence-corrected chi connectivity index (χ1v) is 5.77. The molecular formula is C12H16N4O2. The number of aromatic hydroxyl groups is 1. The first-order valence-electron chi connectivity index (χ1n) is 5.77. The lowest BCUT2D eigenvalue weighted by Crippen LogP contribution is -2.13. The van der Waals surface area contributed by atoms with Crippen molar-refractivity contribution in [2.24, 2.45) is 5.73 Å². The second kappa shape index (κ2) is 5.05. The van der Waals surface area contributed by atoms with E-state index in [4.69, 9.17) is 10.5 Å². The summed E-state index contributed by atoms with van der Waals surface area (Å²) in [6.07, 6.45) is 0. The molecule has 6 nitrogen and oxygen atoms in total. The monoisotopic (exact) mass is 248 g/mol. The second-order valence-electron chi connectivity index (χ2n) is 3.97. The van der Waals surface area contributed by atoms with E-state index in [-0.39, 0.29) is 11.8 Å². The van der Waals surface area contributed by atoms with Crippen molar-refractivity contribution in [3.63, 3.8) is 0 Å². The third kappa shape index (κ3) is 2.43. The van der Waals surface area contributed by atoms with Crippen LogP contribution in [0, 0.1) is 0 Å². The molecule has 0 amide bonds. The molecule has 1 aromatic carbocycles. The van der Waals surface area contributed by atoms with E-state index >= 15 is 0 Å². The maximum Gasteiger partial charge on any atom is 0.322 e. The van der Waals surface area contributed by atoms with E-state index in [0.717, 1.165) is 0 Å². The smallest absolute Gasteiger partial charge is 0.322 e. The highest BCUT2D eigenvalue weighted by atomic mass is 16.5. The fourth-order valence-electron chi connectivity index (χ4n) is 1.66. The zero-order valence-corrected chi connectivity index (χ0v) is 10.4. The van der Waals surface area contributed by atoms with Gasteiger partial charge in [-0.1, -0.05) is 11.2 Å². The lowest BCUT2D eigenvalue weighted by atomic mass is 10.3. The Balaban J connectivity index is 2.29. The SMILES string of the molecule is CCn1c(Oc2cccc(O)c2)nnc1[C@@H](C)N. The first kappa shape index (κ1) is 12.4. The molecule has 18 heavy (non-hydrogen) atoms. The normalized spacial score (nSPS) is 12.4. The number of hydrogen-bond donors (Lipinski definition) is 2. The van der Waals surface area contributed by atoms with Gasteiger partial charge in [0.15, 0.2) is 5.82 Å². The Morgan fingerprint density at radius 3 is 2.83 bits per heavy atom. The molecule has 0 bridgehead atoms. The molecule has 2 rings (SSSR count). The van der Waals surface area contributed by atoms with E-state index in [1.165, 1.54) is 6.07 Å². The lowest BCUT2D eigenvalue weighted by Gasteiger charge is -2.09. The third-order valence-electron chi connectivity index (χ3n) is 2.50. The van der Waals surface area contributed by atoms with Crippen molar-refractivity contribution in [1.29, 1.82) is 0 Å². The molecule has 6 heteroatoms. The number of benzene rings is 1. The summed E-state index contributed by atoms with van der Waals surface area (Å²) in [7, 11) is 0. The fourth-order valence-corrected chi connectivity index (χ4v) is 1.66. The topological polar surface area (TPSA) is 86.2 Å².